The van der Waals surface area contributed by atoms with Crippen LogP contribution >= 0.6 is 0 Å². The van der Waals surface area contributed by atoms with Crippen molar-refractivity contribution in [3.8, 4) is 33.4 Å². The fourth-order valence-corrected chi connectivity index (χ4v) is 5.68. The van der Waals surface area contributed by atoms with Crippen LogP contribution in [0.15, 0.2) is 133 Å². The summed E-state index contributed by atoms with van der Waals surface area (Å²) in [6.07, 6.45) is 0. The van der Waals surface area contributed by atoms with E-state index in [1.807, 2.05) is 57.2 Å². The predicted octanol–water partition coefficient (Wildman–Crippen LogP) is 11.1. The molecule has 0 radical (unpaired) electrons. The summed E-state index contributed by atoms with van der Waals surface area (Å²) in [5.41, 5.74) is 5.75. The van der Waals surface area contributed by atoms with Gasteiger partial charge in [0.15, 0.2) is 0 Å². The molecule has 0 aliphatic heterocycles. The smallest absolute Gasteiger partial charge is 0.147 e. The van der Waals surface area contributed by atoms with Crippen molar-refractivity contribution < 1.29 is 8.78 Å². The number of halogens is 2. The number of fused-ring (bicyclic) bond motifs is 1. The Hall–Kier alpha value is -4.76. The first-order valence-electron chi connectivity index (χ1n) is 13.8. The predicted molar refractivity (Wildman–Crippen MR) is 169 cm³/mol. The molecule has 0 aromatic heterocycles. The van der Waals surface area contributed by atoms with Crippen LogP contribution in [-0.4, -0.2) is 5.54 Å². The van der Waals surface area contributed by atoms with E-state index in [2.05, 4.69) is 66.7 Å². The number of nitrogens with zero attached hydrogens (tertiary/aromatic N) is 1. The lowest BCUT2D eigenvalue weighted by molar-refractivity contribution is 0.527. The Balaban J connectivity index is 1.57. The highest BCUT2D eigenvalue weighted by atomic mass is 19.1. The van der Waals surface area contributed by atoms with Gasteiger partial charge in [-0.2, -0.15) is 0 Å². The Morgan fingerprint density at radius 3 is 1.80 bits per heavy atom. The normalized spacial score (nSPS) is 11.5. The summed E-state index contributed by atoms with van der Waals surface area (Å²) in [5, 5.41) is 2.39. The molecular formula is C38H31F2N. The number of anilines is 2. The first-order chi connectivity index (χ1) is 19.8. The molecule has 0 amide bonds. The molecule has 1 nitrogen and oxygen atoms in total. The van der Waals surface area contributed by atoms with E-state index in [9.17, 15) is 0 Å². The molecule has 41 heavy (non-hydrogen) atoms. The summed E-state index contributed by atoms with van der Waals surface area (Å²) in [7, 11) is 0. The molecule has 0 aliphatic rings. The van der Waals surface area contributed by atoms with Crippen LogP contribution in [0.1, 0.15) is 20.8 Å². The van der Waals surface area contributed by atoms with Gasteiger partial charge in [0.1, 0.15) is 11.6 Å². The molecule has 0 heterocycles. The van der Waals surface area contributed by atoms with Crippen molar-refractivity contribution in [2.75, 3.05) is 4.90 Å². The van der Waals surface area contributed by atoms with Crippen LogP contribution in [0.25, 0.3) is 44.2 Å². The Bertz CT molecular complexity index is 1830. The first kappa shape index (κ1) is 26.5. The lowest BCUT2D eigenvalue weighted by Gasteiger charge is -2.39. The van der Waals surface area contributed by atoms with E-state index < -0.39 is 17.2 Å². The largest absolute Gasteiger partial charge is 0.331 e. The molecule has 202 valence electrons. The third-order valence-electron chi connectivity index (χ3n) is 7.48. The van der Waals surface area contributed by atoms with Crippen LogP contribution in [0.4, 0.5) is 20.2 Å². The van der Waals surface area contributed by atoms with Gasteiger partial charge in [-0.05, 0) is 77.6 Å². The van der Waals surface area contributed by atoms with Gasteiger partial charge in [0.05, 0.1) is 11.4 Å². The van der Waals surface area contributed by atoms with Crippen molar-refractivity contribution in [2.45, 2.75) is 26.3 Å². The minimum absolute atomic E-state index is 0.333. The minimum Gasteiger partial charge on any atom is -0.331 e. The molecule has 0 aliphatic carbocycles. The maximum atomic E-state index is 16.1. The van der Waals surface area contributed by atoms with Crippen molar-refractivity contribution in [2.24, 2.45) is 0 Å². The highest BCUT2D eigenvalue weighted by Gasteiger charge is 2.31. The molecule has 0 spiro atoms. The van der Waals surface area contributed by atoms with Gasteiger partial charge in [-0.3, -0.25) is 0 Å². The molecular weight excluding hydrogens is 508 g/mol. The Morgan fingerprint density at radius 2 is 1.10 bits per heavy atom. The fraction of sp³-hybridized carbons (Fsp3) is 0.105. The molecule has 0 bridgehead atoms. The number of hydrogen-bond acceptors (Lipinski definition) is 1. The minimum atomic E-state index is -0.622. The highest BCUT2D eigenvalue weighted by molar-refractivity contribution is 5.98. The number of rotatable bonds is 5. The summed E-state index contributed by atoms with van der Waals surface area (Å²) in [5.74, 6) is -0.802. The third-order valence-corrected chi connectivity index (χ3v) is 7.48. The first-order valence-corrected chi connectivity index (χ1v) is 13.8. The van der Waals surface area contributed by atoms with Gasteiger partial charge in [-0.15, -0.1) is 0 Å². The lowest BCUT2D eigenvalue weighted by atomic mass is 9.89. The molecule has 3 heteroatoms. The van der Waals surface area contributed by atoms with Crippen molar-refractivity contribution in [1.82, 2.24) is 0 Å². The number of para-hydroxylation sites is 1. The monoisotopic (exact) mass is 539 g/mol. The molecule has 0 saturated heterocycles. The Morgan fingerprint density at radius 1 is 0.488 bits per heavy atom. The SMILES string of the molecule is CC(C)(C)N(c1ccccc1F)c1c(F)ccc(-c2ccc(-c3cccc4ccccc34)cc2)c1-c1ccccc1. The van der Waals surface area contributed by atoms with Crippen LogP contribution in [-0.2, 0) is 0 Å². The quantitative estimate of drug-likeness (QED) is 0.211. The molecule has 0 saturated carbocycles. The summed E-state index contributed by atoms with van der Waals surface area (Å²) in [4.78, 5) is 1.79. The summed E-state index contributed by atoms with van der Waals surface area (Å²) >= 11 is 0. The van der Waals surface area contributed by atoms with E-state index >= 15 is 8.78 Å². The zero-order valence-electron chi connectivity index (χ0n) is 23.4. The Labute approximate surface area is 240 Å². The van der Waals surface area contributed by atoms with Crippen LogP contribution in [0.5, 0.6) is 0 Å². The van der Waals surface area contributed by atoms with Crippen molar-refractivity contribution in [3.63, 3.8) is 0 Å². The maximum absolute atomic E-state index is 16.1. The molecule has 0 N–H and O–H groups in total. The number of hydrogen-bond donors (Lipinski definition) is 0. The van der Waals surface area contributed by atoms with Gasteiger partial charge in [0, 0.05) is 11.1 Å². The average molecular weight is 540 g/mol. The van der Waals surface area contributed by atoms with Gasteiger partial charge in [-0.25, -0.2) is 8.78 Å². The van der Waals surface area contributed by atoms with Gasteiger partial charge in [0.25, 0.3) is 0 Å². The van der Waals surface area contributed by atoms with Crippen LogP contribution in [0, 0.1) is 11.6 Å². The van der Waals surface area contributed by atoms with E-state index in [0.29, 0.717) is 11.4 Å². The lowest BCUT2D eigenvalue weighted by Crippen LogP contribution is -2.39. The van der Waals surface area contributed by atoms with Crippen LogP contribution in [0.3, 0.4) is 0 Å². The van der Waals surface area contributed by atoms with E-state index in [1.165, 1.54) is 22.9 Å². The molecule has 0 unspecified atom stereocenters. The molecule has 6 aromatic rings. The van der Waals surface area contributed by atoms with Gasteiger partial charge >= 0.3 is 0 Å². The van der Waals surface area contributed by atoms with Gasteiger partial charge in [0.2, 0.25) is 0 Å². The maximum Gasteiger partial charge on any atom is 0.147 e. The Kier molecular flexibility index (Phi) is 6.88. The van der Waals surface area contributed by atoms with E-state index in [1.54, 1.807) is 23.1 Å². The third kappa shape index (κ3) is 5.00. The highest BCUT2D eigenvalue weighted by Crippen LogP contribution is 2.47. The molecule has 6 aromatic carbocycles. The second-order valence-electron chi connectivity index (χ2n) is 11.2. The van der Waals surface area contributed by atoms with E-state index in [4.69, 9.17) is 0 Å². The van der Waals surface area contributed by atoms with Gasteiger partial charge in [-0.1, -0.05) is 115 Å². The van der Waals surface area contributed by atoms with Crippen LogP contribution in [0.2, 0.25) is 0 Å². The van der Waals surface area contributed by atoms with Crippen molar-refractivity contribution >= 4 is 22.1 Å². The standard InChI is InChI=1S/C38H31F2N/c1-38(2,3)41(35-19-10-9-18-33(35)39)37-34(40)25-24-32(36(37)29-13-5-4-6-14-29)28-22-20-27(21-23-28)31-17-11-15-26-12-7-8-16-30(26)31/h4-25H,1-3H3. The van der Waals surface area contributed by atoms with Gasteiger partial charge < -0.3 is 4.90 Å². The molecule has 6 rings (SSSR count). The van der Waals surface area contributed by atoms with E-state index in [0.717, 1.165) is 33.4 Å². The van der Waals surface area contributed by atoms with Crippen LogP contribution < -0.4 is 4.90 Å². The number of benzene rings is 6. The van der Waals surface area contributed by atoms with Crippen molar-refractivity contribution in [3.05, 3.63) is 145 Å². The summed E-state index contributed by atoms with van der Waals surface area (Å²) in [6.45, 7) is 5.91. The summed E-state index contributed by atoms with van der Waals surface area (Å²) in [6, 6.07) is 42.8. The zero-order valence-corrected chi connectivity index (χ0v) is 23.4. The zero-order chi connectivity index (χ0) is 28.6. The second-order valence-corrected chi connectivity index (χ2v) is 11.2. The van der Waals surface area contributed by atoms with Crippen molar-refractivity contribution in [1.29, 1.82) is 0 Å². The molecule has 0 fully saturated rings. The average Bonchev–Trinajstić information content (AvgIpc) is 2.98. The van der Waals surface area contributed by atoms with E-state index in [-0.39, 0.29) is 0 Å². The fourth-order valence-electron chi connectivity index (χ4n) is 5.68. The second kappa shape index (κ2) is 10.7. The topological polar surface area (TPSA) is 3.24 Å². The molecule has 0 atom stereocenters. The summed E-state index contributed by atoms with van der Waals surface area (Å²) < 4.78 is 31.4.